The zero-order chi connectivity index (χ0) is 14.0. The molecule has 0 saturated carbocycles. The minimum absolute atomic E-state index is 0.0900. The van der Waals surface area contributed by atoms with Crippen molar-refractivity contribution in [3.05, 3.63) is 59.7 Å². The molecule has 2 unspecified atom stereocenters. The number of amides is 1. The molecule has 2 aromatic rings. The number of hydrogen-bond acceptors (Lipinski definition) is 4. The SMILES string of the molecule is O=C1Nc2ccccc2C12NN=C1Oc3ccccc3C12. The molecule has 5 nitrogen and oxygen atoms in total. The van der Waals surface area contributed by atoms with E-state index in [2.05, 4.69) is 15.8 Å². The molecule has 1 spiro atoms. The van der Waals surface area contributed by atoms with Gasteiger partial charge in [-0.25, -0.2) is 0 Å². The summed E-state index contributed by atoms with van der Waals surface area (Å²) in [6.45, 7) is 0. The summed E-state index contributed by atoms with van der Waals surface area (Å²) < 4.78 is 5.79. The molecular formula is C16H11N3O2. The number of hydrazone groups is 1. The lowest BCUT2D eigenvalue weighted by Gasteiger charge is -2.26. The fraction of sp³-hybridized carbons (Fsp3) is 0.125. The molecule has 2 N–H and O–H groups in total. The van der Waals surface area contributed by atoms with Gasteiger partial charge in [-0.05, 0) is 12.1 Å². The quantitative estimate of drug-likeness (QED) is 0.773. The molecule has 0 fully saturated rings. The number of anilines is 1. The van der Waals surface area contributed by atoms with E-state index in [-0.39, 0.29) is 11.8 Å². The van der Waals surface area contributed by atoms with Crippen molar-refractivity contribution < 1.29 is 9.53 Å². The third-order valence-corrected chi connectivity index (χ3v) is 4.43. The number of nitrogens with one attached hydrogen (secondary N) is 2. The van der Waals surface area contributed by atoms with Crippen molar-refractivity contribution in [1.82, 2.24) is 5.43 Å². The Kier molecular flexibility index (Phi) is 1.78. The first-order chi connectivity index (χ1) is 10.3. The van der Waals surface area contributed by atoms with Crippen LogP contribution in [0.3, 0.4) is 0 Å². The van der Waals surface area contributed by atoms with Crippen LogP contribution in [-0.4, -0.2) is 11.8 Å². The summed E-state index contributed by atoms with van der Waals surface area (Å²) >= 11 is 0. The van der Waals surface area contributed by atoms with E-state index in [4.69, 9.17) is 4.74 Å². The van der Waals surface area contributed by atoms with Gasteiger partial charge in [-0.1, -0.05) is 36.4 Å². The first-order valence-corrected chi connectivity index (χ1v) is 6.83. The number of fused-ring (bicyclic) bond motifs is 6. The van der Waals surface area contributed by atoms with Crippen LogP contribution in [0.4, 0.5) is 5.69 Å². The monoisotopic (exact) mass is 277 g/mol. The van der Waals surface area contributed by atoms with Gasteiger partial charge in [-0.15, -0.1) is 5.10 Å². The number of carbonyl (C=O) groups is 1. The minimum Gasteiger partial charge on any atom is -0.440 e. The standard InChI is InChI=1S/C16H11N3O2/c20-15-16(10-6-2-3-7-11(10)17-15)13-9-5-1-4-8-12(9)21-14(13)18-19-16/h1-8,13,19H,(H,17,20). The van der Waals surface area contributed by atoms with Crippen LogP contribution in [0, 0.1) is 0 Å². The Bertz CT molecular complexity index is 830. The molecule has 0 saturated heterocycles. The molecule has 2 aromatic carbocycles. The van der Waals surface area contributed by atoms with Crippen LogP contribution >= 0.6 is 0 Å². The molecule has 2 atom stereocenters. The van der Waals surface area contributed by atoms with E-state index in [1.807, 2.05) is 48.5 Å². The lowest BCUT2D eigenvalue weighted by atomic mass is 9.77. The highest BCUT2D eigenvalue weighted by Crippen LogP contribution is 2.53. The normalized spacial score (nSPS) is 27.3. The maximum Gasteiger partial charge on any atom is 0.257 e. The third kappa shape index (κ3) is 1.13. The van der Waals surface area contributed by atoms with Gasteiger partial charge in [0, 0.05) is 16.8 Å². The second-order valence-electron chi connectivity index (χ2n) is 5.44. The molecule has 1 amide bonds. The fourth-order valence-electron chi connectivity index (χ4n) is 3.51. The smallest absolute Gasteiger partial charge is 0.257 e. The molecule has 0 radical (unpaired) electrons. The Balaban J connectivity index is 1.78. The lowest BCUT2D eigenvalue weighted by Crippen LogP contribution is -2.47. The van der Waals surface area contributed by atoms with Crippen molar-refractivity contribution >= 4 is 17.5 Å². The summed E-state index contributed by atoms with van der Waals surface area (Å²) in [5.74, 6) is 1.02. The molecule has 3 heterocycles. The Morgan fingerprint density at radius 2 is 1.90 bits per heavy atom. The topological polar surface area (TPSA) is 62.7 Å². The number of nitrogens with zero attached hydrogens (tertiary/aromatic N) is 1. The van der Waals surface area contributed by atoms with Gasteiger partial charge in [0.25, 0.3) is 5.91 Å². The van der Waals surface area contributed by atoms with Crippen molar-refractivity contribution in [2.24, 2.45) is 5.10 Å². The van der Waals surface area contributed by atoms with Gasteiger partial charge in [0.2, 0.25) is 5.90 Å². The molecule has 3 aliphatic heterocycles. The third-order valence-electron chi connectivity index (χ3n) is 4.43. The number of hydrogen-bond donors (Lipinski definition) is 2. The highest BCUT2D eigenvalue weighted by atomic mass is 16.5. The molecule has 0 aromatic heterocycles. The fourth-order valence-corrected chi connectivity index (χ4v) is 3.51. The van der Waals surface area contributed by atoms with Crippen LogP contribution in [0.5, 0.6) is 5.75 Å². The van der Waals surface area contributed by atoms with Gasteiger partial charge < -0.3 is 10.1 Å². The summed E-state index contributed by atoms with van der Waals surface area (Å²) in [5, 5.41) is 7.22. The van der Waals surface area contributed by atoms with Crippen molar-refractivity contribution in [3.8, 4) is 5.75 Å². The maximum atomic E-state index is 12.7. The van der Waals surface area contributed by atoms with Crippen LogP contribution in [0.25, 0.3) is 0 Å². The van der Waals surface area contributed by atoms with Gasteiger partial charge in [0.1, 0.15) is 11.7 Å². The van der Waals surface area contributed by atoms with E-state index < -0.39 is 5.54 Å². The summed E-state index contributed by atoms with van der Waals surface area (Å²) in [6, 6.07) is 15.5. The second kappa shape index (κ2) is 3.44. The van der Waals surface area contributed by atoms with Crippen LogP contribution < -0.4 is 15.5 Å². The average Bonchev–Trinajstić information content (AvgIpc) is 3.13. The van der Waals surface area contributed by atoms with E-state index in [1.54, 1.807) is 0 Å². The summed E-state index contributed by atoms with van der Waals surface area (Å²) in [6.07, 6.45) is 0. The lowest BCUT2D eigenvalue weighted by molar-refractivity contribution is -0.121. The van der Waals surface area contributed by atoms with E-state index in [0.717, 1.165) is 22.6 Å². The number of rotatable bonds is 0. The van der Waals surface area contributed by atoms with Crippen LogP contribution in [0.2, 0.25) is 0 Å². The van der Waals surface area contributed by atoms with Crippen molar-refractivity contribution in [3.63, 3.8) is 0 Å². The average molecular weight is 277 g/mol. The number of ether oxygens (including phenoxy) is 1. The van der Waals surface area contributed by atoms with Crippen LogP contribution in [-0.2, 0) is 10.3 Å². The van der Waals surface area contributed by atoms with Crippen LogP contribution in [0.1, 0.15) is 17.0 Å². The Morgan fingerprint density at radius 1 is 1.10 bits per heavy atom. The molecule has 5 heteroatoms. The molecule has 0 bridgehead atoms. The minimum atomic E-state index is -0.904. The first kappa shape index (κ1) is 10.9. The van der Waals surface area contributed by atoms with E-state index in [0.29, 0.717) is 5.90 Å². The van der Waals surface area contributed by atoms with Crippen molar-refractivity contribution in [2.75, 3.05) is 5.32 Å². The number of carbonyl (C=O) groups excluding carboxylic acids is 1. The summed E-state index contributed by atoms with van der Waals surface area (Å²) in [4.78, 5) is 12.7. The van der Waals surface area contributed by atoms with E-state index >= 15 is 0 Å². The zero-order valence-corrected chi connectivity index (χ0v) is 11.0. The molecule has 21 heavy (non-hydrogen) atoms. The van der Waals surface area contributed by atoms with Gasteiger partial charge in [-0.3, -0.25) is 10.2 Å². The molecule has 0 aliphatic carbocycles. The van der Waals surface area contributed by atoms with Gasteiger partial charge in [0.05, 0.1) is 0 Å². The van der Waals surface area contributed by atoms with E-state index in [1.165, 1.54) is 0 Å². The Hall–Kier alpha value is -2.82. The predicted octanol–water partition coefficient (Wildman–Crippen LogP) is 1.93. The zero-order valence-electron chi connectivity index (χ0n) is 11.0. The van der Waals surface area contributed by atoms with Crippen molar-refractivity contribution in [1.29, 1.82) is 0 Å². The Morgan fingerprint density at radius 3 is 2.86 bits per heavy atom. The molecule has 102 valence electrons. The molecule has 3 aliphatic rings. The maximum absolute atomic E-state index is 12.7. The van der Waals surface area contributed by atoms with E-state index in [9.17, 15) is 4.79 Å². The largest absolute Gasteiger partial charge is 0.440 e. The van der Waals surface area contributed by atoms with Gasteiger partial charge in [0.15, 0.2) is 5.54 Å². The highest BCUT2D eigenvalue weighted by Gasteiger charge is 2.61. The predicted molar refractivity (Wildman–Crippen MR) is 77.1 cm³/mol. The molecular weight excluding hydrogens is 266 g/mol. The summed E-state index contributed by atoms with van der Waals surface area (Å²) in [5.41, 5.74) is 4.87. The van der Waals surface area contributed by atoms with Gasteiger partial charge >= 0.3 is 0 Å². The van der Waals surface area contributed by atoms with Crippen LogP contribution in [0.15, 0.2) is 53.6 Å². The number of benzene rings is 2. The first-order valence-electron chi connectivity index (χ1n) is 6.83. The second-order valence-corrected chi connectivity index (χ2v) is 5.44. The van der Waals surface area contributed by atoms with Gasteiger partial charge in [-0.2, -0.15) is 0 Å². The number of para-hydroxylation sites is 2. The molecule has 5 rings (SSSR count). The van der Waals surface area contributed by atoms with Crippen molar-refractivity contribution in [2.45, 2.75) is 11.5 Å². The highest BCUT2D eigenvalue weighted by molar-refractivity contribution is 6.12. The Labute approximate surface area is 120 Å². The summed E-state index contributed by atoms with van der Waals surface area (Å²) in [7, 11) is 0.